The molecule has 1 aromatic heterocycles. The molecule has 0 unspecified atom stereocenters. The minimum Gasteiger partial charge on any atom is -0.487 e. The Labute approximate surface area is 197 Å². The summed E-state index contributed by atoms with van der Waals surface area (Å²) < 4.78 is 20.1. The van der Waals surface area contributed by atoms with Gasteiger partial charge in [0.2, 0.25) is 0 Å². The molecule has 2 heterocycles. The van der Waals surface area contributed by atoms with E-state index in [1.807, 2.05) is 12.1 Å². The average molecular weight is 464 g/mol. The fraction of sp³-hybridized carbons (Fsp3) is 0.231. The summed E-state index contributed by atoms with van der Waals surface area (Å²) in [5, 5.41) is 4.82. The van der Waals surface area contributed by atoms with Crippen LogP contribution >= 0.6 is 11.6 Å². The minimum atomic E-state index is -0.289. The van der Waals surface area contributed by atoms with Crippen molar-refractivity contribution in [3.05, 3.63) is 83.4 Å². The van der Waals surface area contributed by atoms with E-state index in [1.54, 1.807) is 24.5 Å². The monoisotopic (exact) mass is 463 g/mol. The molecular formula is C26H25ClFN4O+. The van der Waals surface area contributed by atoms with Gasteiger partial charge >= 0.3 is 0 Å². The van der Waals surface area contributed by atoms with Crippen molar-refractivity contribution in [2.75, 3.05) is 25.5 Å². The summed E-state index contributed by atoms with van der Waals surface area (Å²) in [6.45, 7) is 2.53. The van der Waals surface area contributed by atoms with Crippen molar-refractivity contribution in [2.24, 2.45) is 0 Å². The van der Waals surface area contributed by atoms with Crippen LogP contribution in [0.2, 0.25) is 5.02 Å². The van der Waals surface area contributed by atoms with Crippen LogP contribution in [0.4, 0.5) is 21.6 Å². The number of nitrogens with zero attached hydrogens (tertiary/aromatic N) is 3. The van der Waals surface area contributed by atoms with Crippen molar-refractivity contribution in [1.82, 2.24) is 14.5 Å². The molecule has 0 atom stereocenters. The van der Waals surface area contributed by atoms with Crippen molar-refractivity contribution in [2.45, 2.75) is 19.4 Å². The number of quaternary nitrogens is 1. The summed E-state index contributed by atoms with van der Waals surface area (Å²) in [6, 6.07) is 18.2. The van der Waals surface area contributed by atoms with Crippen molar-refractivity contribution in [1.29, 1.82) is 0 Å². The Morgan fingerprint density at radius 3 is 2.67 bits per heavy atom. The van der Waals surface area contributed by atoms with E-state index in [9.17, 15) is 4.39 Å². The highest BCUT2D eigenvalue weighted by molar-refractivity contribution is 6.32. The number of anilines is 2. The van der Waals surface area contributed by atoms with Crippen LogP contribution in [0.3, 0.4) is 0 Å². The van der Waals surface area contributed by atoms with Gasteiger partial charge in [0.1, 0.15) is 36.0 Å². The van der Waals surface area contributed by atoms with Gasteiger partial charge in [-0.1, -0.05) is 23.7 Å². The predicted molar refractivity (Wildman–Crippen MR) is 132 cm³/mol. The third-order valence-corrected chi connectivity index (χ3v) is 6.57. The second-order valence-electron chi connectivity index (χ2n) is 8.66. The normalized spacial score (nSPS) is 15.0. The summed E-state index contributed by atoms with van der Waals surface area (Å²) in [5.74, 6) is 0.979. The summed E-state index contributed by atoms with van der Waals surface area (Å²) >= 11 is 6.47. The second-order valence-corrected chi connectivity index (χ2v) is 9.07. The van der Waals surface area contributed by atoms with Crippen LogP contribution in [0.5, 0.6) is 5.75 Å². The molecule has 0 radical (unpaired) electrons. The number of hydrogen-bond donors (Lipinski definition) is 1. The molecule has 1 N–H and O–H groups in total. The molecule has 33 heavy (non-hydrogen) atoms. The number of rotatable bonds is 6. The number of halogens is 2. The maximum absolute atomic E-state index is 13.4. The molecule has 3 aromatic carbocycles. The van der Waals surface area contributed by atoms with Crippen molar-refractivity contribution in [3.63, 3.8) is 0 Å². The molecule has 5 rings (SSSR count). The van der Waals surface area contributed by atoms with Crippen LogP contribution in [-0.2, 0) is 6.61 Å². The van der Waals surface area contributed by atoms with E-state index in [1.165, 1.54) is 30.7 Å². The first-order valence-corrected chi connectivity index (χ1v) is 11.4. The van der Waals surface area contributed by atoms with Crippen molar-refractivity contribution in [3.8, 4) is 5.75 Å². The largest absolute Gasteiger partial charge is 0.487 e. The van der Waals surface area contributed by atoms with Gasteiger partial charge in [-0.2, -0.15) is 0 Å². The van der Waals surface area contributed by atoms with Crippen LogP contribution in [0.1, 0.15) is 18.4 Å². The Bertz CT molecular complexity index is 1310. The van der Waals surface area contributed by atoms with Gasteiger partial charge in [0.05, 0.1) is 30.7 Å². The molecule has 1 aliphatic rings. The van der Waals surface area contributed by atoms with Crippen molar-refractivity contribution >= 4 is 39.7 Å². The van der Waals surface area contributed by atoms with Gasteiger partial charge < -0.3 is 10.1 Å². The van der Waals surface area contributed by atoms with Gasteiger partial charge in [0.15, 0.2) is 0 Å². The van der Waals surface area contributed by atoms with Crippen molar-refractivity contribution < 1.29 is 9.13 Å². The third kappa shape index (κ3) is 4.63. The lowest BCUT2D eigenvalue weighted by Gasteiger charge is -2.28. The summed E-state index contributed by atoms with van der Waals surface area (Å²) in [6.07, 6.45) is 4.06. The van der Waals surface area contributed by atoms with Crippen LogP contribution in [-0.4, -0.2) is 30.1 Å². The fourth-order valence-corrected chi connectivity index (χ4v) is 4.63. The standard InChI is InChI=1S/C26H25ClFN4O/c1-32(11-2-3-12-32)21-8-9-24-22(15-21)26(30-17-29-24)31-20-7-10-25(23(27)14-20)33-16-18-5-4-6-19(28)13-18/h4-10,13-15,17H,2-3,11-12,16H2,1H3,(H,29,30,31)/q+1. The molecule has 0 bridgehead atoms. The molecule has 0 saturated carbocycles. The number of fused-ring (bicyclic) bond motifs is 1. The zero-order valence-corrected chi connectivity index (χ0v) is 19.1. The maximum atomic E-state index is 13.4. The van der Waals surface area contributed by atoms with Gasteiger partial charge in [0.25, 0.3) is 0 Å². The zero-order valence-electron chi connectivity index (χ0n) is 18.4. The summed E-state index contributed by atoms with van der Waals surface area (Å²) in [4.78, 5) is 8.92. The topological polar surface area (TPSA) is 47.0 Å². The molecule has 168 valence electrons. The highest BCUT2D eigenvalue weighted by atomic mass is 35.5. The molecule has 1 aliphatic heterocycles. The smallest absolute Gasteiger partial charge is 0.141 e. The van der Waals surface area contributed by atoms with Gasteiger partial charge in [-0.25, -0.2) is 14.4 Å². The first-order chi connectivity index (χ1) is 16.0. The predicted octanol–water partition coefficient (Wildman–Crippen LogP) is 6.48. The van der Waals surface area contributed by atoms with Crippen LogP contribution in [0.25, 0.3) is 10.9 Å². The number of hydrogen-bond acceptors (Lipinski definition) is 4. The van der Waals surface area contributed by atoms with E-state index in [4.69, 9.17) is 16.3 Å². The fourth-order valence-electron chi connectivity index (χ4n) is 4.39. The van der Waals surface area contributed by atoms with E-state index >= 15 is 0 Å². The van der Waals surface area contributed by atoms with Crippen LogP contribution in [0.15, 0.2) is 67.0 Å². The Hall–Kier alpha value is -3.22. The molecule has 1 fully saturated rings. The molecule has 4 aromatic rings. The van der Waals surface area contributed by atoms with E-state index in [0.717, 1.165) is 45.5 Å². The number of ether oxygens (including phenoxy) is 1. The summed E-state index contributed by atoms with van der Waals surface area (Å²) in [5.41, 5.74) is 3.70. The summed E-state index contributed by atoms with van der Waals surface area (Å²) in [7, 11) is 2.29. The Morgan fingerprint density at radius 2 is 1.88 bits per heavy atom. The van der Waals surface area contributed by atoms with E-state index in [2.05, 4.69) is 40.5 Å². The van der Waals surface area contributed by atoms with Gasteiger partial charge in [0, 0.05) is 36.0 Å². The van der Waals surface area contributed by atoms with Gasteiger partial charge in [-0.05, 0) is 42.0 Å². The first-order valence-electron chi connectivity index (χ1n) is 11.0. The van der Waals surface area contributed by atoms with E-state index < -0.39 is 0 Å². The Balaban J connectivity index is 1.37. The molecule has 0 amide bonds. The van der Waals surface area contributed by atoms with E-state index in [0.29, 0.717) is 10.8 Å². The SMILES string of the molecule is C[N+]1(c2ccc3ncnc(Nc4ccc(OCc5cccc(F)c5)c(Cl)c4)c3c2)CCCC1. The van der Waals surface area contributed by atoms with Crippen LogP contribution in [0, 0.1) is 5.82 Å². The van der Waals surface area contributed by atoms with Gasteiger partial charge in [-0.3, -0.25) is 4.48 Å². The van der Waals surface area contributed by atoms with E-state index in [-0.39, 0.29) is 12.4 Å². The molecular weight excluding hydrogens is 439 g/mol. The quantitative estimate of drug-likeness (QED) is 0.332. The lowest BCUT2D eigenvalue weighted by Crippen LogP contribution is -2.41. The maximum Gasteiger partial charge on any atom is 0.141 e. The van der Waals surface area contributed by atoms with Gasteiger partial charge in [-0.15, -0.1) is 0 Å². The Morgan fingerprint density at radius 1 is 1.03 bits per heavy atom. The number of aromatic nitrogens is 2. The highest BCUT2D eigenvalue weighted by Crippen LogP contribution is 2.34. The lowest BCUT2D eigenvalue weighted by molar-refractivity contribution is 0.306. The zero-order chi connectivity index (χ0) is 22.8. The highest BCUT2D eigenvalue weighted by Gasteiger charge is 2.29. The first kappa shape index (κ1) is 21.6. The third-order valence-electron chi connectivity index (χ3n) is 6.27. The number of likely N-dealkylation sites (tertiary alicyclic amines) is 1. The lowest BCUT2D eigenvalue weighted by atomic mass is 10.1. The molecule has 0 spiro atoms. The average Bonchev–Trinajstić information content (AvgIpc) is 3.26. The minimum absolute atomic E-state index is 0.237. The van der Waals surface area contributed by atoms with Crippen LogP contribution < -0.4 is 14.5 Å². The molecule has 7 heteroatoms. The molecule has 1 saturated heterocycles. The molecule has 0 aliphatic carbocycles. The number of nitrogens with one attached hydrogen (secondary N) is 1. The number of benzene rings is 3. The molecule has 5 nitrogen and oxygen atoms in total. The second kappa shape index (κ2) is 8.96. The Kier molecular flexibility index (Phi) is 5.87.